The van der Waals surface area contributed by atoms with E-state index in [1.165, 1.54) is 0 Å². The van der Waals surface area contributed by atoms with Gasteiger partial charge in [-0.25, -0.2) is 0 Å². The Kier molecular flexibility index (Phi) is 5.69. The molecule has 1 aromatic carbocycles. The van der Waals surface area contributed by atoms with E-state index in [0.29, 0.717) is 11.3 Å². The van der Waals surface area contributed by atoms with E-state index in [-0.39, 0.29) is 12.5 Å². The van der Waals surface area contributed by atoms with Crippen molar-refractivity contribution in [2.45, 2.75) is 12.5 Å². The van der Waals surface area contributed by atoms with Gasteiger partial charge >= 0.3 is 0 Å². The van der Waals surface area contributed by atoms with Gasteiger partial charge < -0.3 is 15.3 Å². The molecule has 2 N–H and O–H groups in total. The molecule has 19 heavy (non-hydrogen) atoms. The van der Waals surface area contributed by atoms with Crippen LogP contribution in [0.2, 0.25) is 0 Å². The lowest BCUT2D eigenvalue weighted by atomic mass is 10.1. The molecular weight excluding hydrogens is 260 g/mol. The second-order valence-corrected chi connectivity index (χ2v) is 5.92. The Morgan fingerprint density at radius 2 is 2.16 bits per heavy atom. The van der Waals surface area contributed by atoms with E-state index in [4.69, 9.17) is 0 Å². The highest BCUT2D eigenvalue weighted by atomic mass is 32.2. The molecule has 0 bridgehead atoms. The molecule has 0 aliphatic carbocycles. The van der Waals surface area contributed by atoms with Gasteiger partial charge in [-0.1, -0.05) is 6.07 Å². The molecule has 5 heteroatoms. The number of rotatable bonds is 6. The summed E-state index contributed by atoms with van der Waals surface area (Å²) in [7, 11) is 3.86. The van der Waals surface area contributed by atoms with Crippen molar-refractivity contribution in [3.63, 3.8) is 0 Å². The van der Waals surface area contributed by atoms with Gasteiger partial charge in [-0.15, -0.1) is 0 Å². The van der Waals surface area contributed by atoms with E-state index in [2.05, 4.69) is 5.32 Å². The minimum absolute atomic E-state index is 0.162. The molecule has 0 radical (unpaired) electrons. The average Bonchev–Trinajstić information content (AvgIpc) is 2.36. The molecule has 0 fully saturated rings. The van der Waals surface area contributed by atoms with Crippen molar-refractivity contribution in [2.75, 3.05) is 37.5 Å². The van der Waals surface area contributed by atoms with Crippen LogP contribution in [0.3, 0.4) is 0 Å². The number of hydrogen-bond acceptors (Lipinski definition) is 4. The topological polar surface area (TPSA) is 52.6 Å². The predicted octanol–water partition coefficient (Wildman–Crippen LogP) is 1.60. The zero-order valence-corrected chi connectivity index (χ0v) is 12.8. The number of amides is 1. The molecule has 0 saturated heterocycles. The third-order valence-corrected chi connectivity index (χ3v) is 3.62. The Labute approximate surface area is 119 Å². The summed E-state index contributed by atoms with van der Waals surface area (Å²) in [4.78, 5) is 14.0. The molecule has 1 amide bonds. The molecule has 0 aromatic heterocycles. The number of aliphatic hydroxyl groups is 1. The van der Waals surface area contributed by atoms with Crippen LogP contribution in [0.25, 0.3) is 0 Å². The van der Waals surface area contributed by atoms with Crippen molar-refractivity contribution in [1.29, 1.82) is 0 Å². The SMILES string of the molecule is CSC[C@](C)(O)CNC(=O)c1cccc(N(C)C)c1. The Morgan fingerprint density at radius 1 is 1.47 bits per heavy atom. The molecular formula is C14H22N2O2S. The highest BCUT2D eigenvalue weighted by Crippen LogP contribution is 2.14. The van der Waals surface area contributed by atoms with Gasteiger partial charge in [0.1, 0.15) is 0 Å². The molecule has 0 saturated carbocycles. The number of thioether (sulfide) groups is 1. The lowest BCUT2D eigenvalue weighted by molar-refractivity contribution is 0.0725. The Morgan fingerprint density at radius 3 is 2.74 bits per heavy atom. The molecule has 0 aliphatic heterocycles. The number of anilines is 1. The summed E-state index contributed by atoms with van der Waals surface area (Å²) in [6.45, 7) is 1.97. The Balaban J connectivity index is 2.66. The van der Waals surface area contributed by atoms with Crippen LogP contribution in [0.5, 0.6) is 0 Å². The molecule has 0 spiro atoms. The van der Waals surface area contributed by atoms with Gasteiger partial charge in [0.25, 0.3) is 5.91 Å². The number of nitrogens with zero attached hydrogens (tertiary/aromatic N) is 1. The highest BCUT2D eigenvalue weighted by molar-refractivity contribution is 7.98. The second kappa shape index (κ2) is 6.82. The Hall–Kier alpha value is -1.20. The maximum Gasteiger partial charge on any atom is 0.251 e. The van der Waals surface area contributed by atoms with Crippen molar-refractivity contribution in [2.24, 2.45) is 0 Å². The van der Waals surface area contributed by atoms with Crippen molar-refractivity contribution in [1.82, 2.24) is 5.32 Å². The zero-order valence-electron chi connectivity index (χ0n) is 11.9. The third-order valence-electron chi connectivity index (χ3n) is 2.71. The lowest BCUT2D eigenvalue weighted by Gasteiger charge is -2.22. The maximum atomic E-state index is 12.0. The second-order valence-electron chi connectivity index (χ2n) is 5.06. The van der Waals surface area contributed by atoms with Crippen molar-refractivity contribution in [3.05, 3.63) is 29.8 Å². The van der Waals surface area contributed by atoms with Crippen LogP contribution >= 0.6 is 11.8 Å². The van der Waals surface area contributed by atoms with Crippen LogP contribution in [0, 0.1) is 0 Å². The quantitative estimate of drug-likeness (QED) is 0.832. The number of nitrogens with one attached hydrogen (secondary N) is 1. The summed E-state index contributed by atoms with van der Waals surface area (Å²) in [6, 6.07) is 7.40. The van der Waals surface area contributed by atoms with E-state index in [0.717, 1.165) is 5.69 Å². The maximum absolute atomic E-state index is 12.0. The standard InChI is InChI=1S/C14H22N2O2S/c1-14(18,10-19-4)9-15-13(17)11-6-5-7-12(8-11)16(2)3/h5-8,18H,9-10H2,1-4H3,(H,15,17)/t14-/m1/s1. The molecule has 1 aromatic rings. The fourth-order valence-corrected chi connectivity index (χ4v) is 2.38. The molecule has 4 nitrogen and oxygen atoms in total. The fraction of sp³-hybridized carbons (Fsp3) is 0.500. The first kappa shape index (κ1) is 15.9. The van der Waals surface area contributed by atoms with E-state index in [1.54, 1.807) is 24.8 Å². The van der Waals surface area contributed by atoms with Crippen LogP contribution in [0.1, 0.15) is 17.3 Å². The van der Waals surface area contributed by atoms with Gasteiger partial charge in [0.2, 0.25) is 0 Å². The van der Waals surface area contributed by atoms with Gasteiger partial charge in [0, 0.05) is 37.6 Å². The van der Waals surface area contributed by atoms with Crippen LogP contribution in [-0.2, 0) is 0 Å². The first-order chi connectivity index (χ1) is 8.85. The third kappa shape index (κ3) is 5.12. The summed E-state index contributed by atoms with van der Waals surface area (Å²) in [5, 5.41) is 12.8. The summed E-state index contributed by atoms with van der Waals surface area (Å²) >= 11 is 1.55. The van der Waals surface area contributed by atoms with Crippen molar-refractivity contribution < 1.29 is 9.90 Å². The van der Waals surface area contributed by atoms with E-state index in [9.17, 15) is 9.90 Å². The monoisotopic (exact) mass is 282 g/mol. The van der Waals surface area contributed by atoms with Gasteiger partial charge in [0.15, 0.2) is 0 Å². The molecule has 0 unspecified atom stereocenters. The first-order valence-corrected chi connectivity index (χ1v) is 7.52. The number of carbonyl (C=O) groups is 1. The van der Waals surface area contributed by atoms with Crippen molar-refractivity contribution >= 4 is 23.4 Å². The van der Waals surface area contributed by atoms with Crippen LogP contribution < -0.4 is 10.2 Å². The summed E-state index contributed by atoms with van der Waals surface area (Å²) in [6.07, 6.45) is 1.93. The number of carbonyl (C=O) groups excluding carboxylic acids is 1. The largest absolute Gasteiger partial charge is 0.387 e. The smallest absolute Gasteiger partial charge is 0.251 e. The van der Waals surface area contributed by atoms with Gasteiger partial charge in [-0.3, -0.25) is 4.79 Å². The minimum atomic E-state index is -0.881. The predicted molar refractivity (Wildman–Crippen MR) is 82.1 cm³/mol. The van der Waals surface area contributed by atoms with E-state index in [1.807, 2.05) is 43.5 Å². The minimum Gasteiger partial charge on any atom is -0.387 e. The molecule has 1 rings (SSSR count). The molecule has 0 aliphatic rings. The molecule has 106 valence electrons. The fourth-order valence-electron chi connectivity index (χ4n) is 1.66. The summed E-state index contributed by atoms with van der Waals surface area (Å²) in [5.41, 5.74) is 0.698. The van der Waals surface area contributed by atoms with Gasteiger partial charge in [-0.05, 0) is 31.4 Å². The van der Waals surface area contributed by atoms with Crippen LogP contribution in [0.4, 0.5) is 5.69 Å². The van der Waals surface area contributed by atoms with E-state index >= 15 is 0 Å². The number of benzene rings is 1. The highest BCUT2D eigenvalue weighted by Gasteiger charge is 2.20. The molecule has 1 atom stereocenters. The number of hydrogen-bond donors (Lipinski definition) is 2. The normalized spacial score (nSPS) is 13.7. The van der Waals surface area contributed by atoms with Crippen molar-refractivity contribution in [3.8, 4) is 0 Å². The van der Waals surface area contributed by atoms with Gasteiger partial charge in [0.05, 0.1) is 5.60 Å². The van der Waals surface area contributed by atoms with Crippen LogP contribution in [-0.4, -0.2) is 49.3 Å². The Bertz CT molecular complexity index is 433. The van der Waals surface area contributed by atoms with Gasteiger partial charge in [-0.2, -0.15) is 11.8 Å². The summed E-state index contributed by atoms with van der Waals surface area (Å²) in [5.74, 6) is 0.426. The van der Waals surface area contributed by atoms with Crippen LogP contribution in [0.15, 0.2) is 24.3 Å². The zero-order chi connectivity index (χ0) is 14.5. The molecule has 0 heterocycles. The van der Waals surface area contributed by atoms with E-state index < -0.39 is 5.60 Å². The first-order valence-electron chi connectivity index (χ1n) is 6.12. The lowest BCUT2D eigenvalue weighted by Crippen LogP contribution is -2.42. The summed E-state index contributed by atoms with van der Waals surface area (Å²) < 4.78 is 0. The average molecular weight is 282 g/mol.